The van der Waals surface area contributed by atoms with E-state index >= 15 is 0 Å². The number of aromatic nitrogens is 2. The van der Waals surface area contributed by atoms with Gasteiger partial charge in [-0.2, -0.15) is 0 Å². The van der Waals surface area contributed by atoms with Crippen LogP contribution in [0.5, 0.6) is 0 Å². The first-order chi connectivity index (χ1) is 11.7. The van der Waals surface area contributed by atoms with Crippen molar-refractivity contribution in [2.45, 2.75) is 25.7 Å². The van der Waals surface area contributed by atoms with E-state index in [2.05, 4.69) is 35.1 Å². The topological polar surface area (TPSA) is 46.9 Å². The number of nitrogens with zero attached hydrogens (tertiary/aromatic N) is 2. The summed E-state index contributed by atoms with van der Waals surface area (Å²) in [5, 5.41) is 3.02. The van der Waals surface area contributed by atoms with Crippen LogP contribution in [0.4, 0.5) is 5.69 Å². The smallest absolute Gasteiger partial charge is 0.227 e. The van der Waals surface area contributed by atoms with Gasteiger partial charge in [-0.1, -0.05) is 24.3 Å². The third-order valence-corrected chi connectivity index (χ3v) is 4.66. The first-order valence-corrected chi connectivity index (χ1v) is 8.51. The van der Waals surface area contributed by atoms with Gasteiger partial charge in [0.15, 0.2) is 0 Å². The number of carbonyl (C=O) groups excluding carboxylic acids is 1. The van der Waals surface area contributed by atoms with Crippen molar-refractivity contribution in [2.75, 3.05) is 5.32 Å². The molecule has 0 unspecified atom stereocenters. The van der Waals surface area contributed by atoms with Crippen LogP contribution >= 0.6 is 0 Å². The lowest BCUT2D eigenvalue weighted by atomic mass is 10.1. The van der Waals surface area contributed by atoms with E-state index in [1.165, 1.54) is 5.56 Å². The Morgan fingerprint density at radius 3 is 2.79 bits per heavy atom. The van der Waals surface area contributed by atoms with Gasteiger partial charge in [-0.25, -0.2) is 4.98 Å². The minimum Gasteiger partial charge on any atom is -0.331 e. The molecule has 24 heavy (non-hydrogen) atoms. The number of amides is 1. The van der Waals surface area contributed by atoms with E-state index in [1.54, 1.807) is 0 Å². The second-order valence-electron chi connectivity index (χ2n) is 6.54. The van der Waals surface area contributed by atoms with Gasteiger partial charge in [0, 0.05) is 25.1 Å². The number of carbonyl (C=O) groups is 1. The maximum atomic E-state index is 11.9. The first kappa shape index (κ1) is 14.9. The largest absolute Gasteiger partial charge is 0.331 e. The van der Waals surface area contributed by atoms with Gasteiger partial charge >= 0.3 is 0 Å². The fraction of sp³-hybridized carbons (Fsp3) is 0.300. The van der Waals surface area contributed by atoms with Crippen molar-refractivity contribution in [1.29, 1.82) is 0 Å². The van der Waals surface area contributed by atoms with Crippen molar-refractivity contribution in [1.82, 2.24) is 9.55 Å². The molecule has 0 radical (unpaired) electrons. The number of hydrogen-bond donors (Lipinski definition) is 1. The Morgan fingerprint density at radius 2 is 2.00 bits per heavy atom. The molecule has 1 aliphatic rings. The van der Waals surface area contributed by atoms with E-state index in [9.17, 15) is 4.79 Å². The zero-order chi connectivity index (χ0) is 16.5. The molecule has 0 bridgehead atoms. The van der Waals surface area contributed by atoms with Gasteiger partial charge in [0.25, 0.3) is 0 Å². The molecule has 4 heteroatoms. The number of hydrogen-bond acceptors (Lipinski definition) is 2. The zero-order valence-corrected chi connectivity index (χ0v) is 13.8. The molecule has 4 rings (SSSR count). The number of rotatable bonds is 5. The van der Waals surface area contributed by atoms with Crippen LogP contribution in [0.15, 0.2) is 48.5 Å². The lowest BCUT2D eigenvalue weighted by Crippen LogP contribution is -2.13. The van der Waals surface area contributed by atoms with E-state index in [-0.39, 0.29) is 11.8 Å². The Kier molecular flexibility index (Phi) is 3.81. The molecule has 1 aliphatic carbocycles. The molecule has 1 N–H and O–H groups in total. The maximum Gasteiger partial charge on any atom is 0.227 e. The van der Waals surface area contributed by atoms with Crippen LogP contribution in [0.25, 0.3) is 11.0 Å². The zero-order valence-electron chi connectivity index (χ0n) is 13.8. The summed E-state index contributed by atoms with van der Waals surface area (Å²) in [6, 6.07) is 16.3. The molecule has 0 aliphatic heterocycles. The molecule has 1 aromatic heterocycles. The molecule has 0 atom stereocenters. The quantitative estimate of drug-likeness (QED) is 0.779. The standard InChI is InChI=1S/C20H21N3O/c1-23-18-8-3-2-7-17(18)22-19(23)12-9-14-5-4-6-16(13-14)21-20(24)15-10-11-15/h2-8,13,15H,9-12H2,1H3,(H,21,24). The van der Waals surface area contributed by atoms with E-state index in [4.69, 9.17) is 4.98 Å². The number of imidazole rings is 1. The number of nitrogens with one attached hydrogen (secondary N) is 1. The first-order valence-electron chi connectivity index (χ1n) is 8.51. The molecule has 0 spiro atoms. The average molecular weight is 319 g/mol. The van der Waals surface area contributed by atoms with E-state index in [1.807, 2.05) is 30.3 Å². The van der Waals surface area contributed by atoms with Crippen molar-refractivity contribution >= 4 is 22.6 Å². The molecule has 1 fully saturated rings. The normalized spacial score (nSPS) is 14.0. The minimum absolute atomic E-state index is 0.155. The Bertz CT molecular complexity index is 893. The van der Waals surface area contributed by atoms with Crippen molar-refractivity contribution in [3.8, 4) is 0 Å². The summed E-state index contributed by atoms with van der Waals surface area (Å²) in [4.78, 5) is 16.6. The summed E-state index contributed by atoms with van der Waals surface area (Å²) in [6.07, 6.45) is 3.84. The average Bonchev–Trinajstić information content (AvgIpc) is 3.39. The van der Waals surface area contributed by atoms with Crippen LogP contribution in [0.3, 0.4) is 0 Å². The van der Waals surface area contributed by atoms with Gasteiger partial charge in [-0.15, -0.1) is 0 Å². The van der Waals surface area contributed by atoms with Gasteiger partial charge in [0.2, 0.25) is 5.91 Å². The number of benzene rings is 2. The molecular formula is C20H21N3O. The summed E-state index contributed by atoms with van der Waals surface area (Å²) in [5.41, 5.74) is 4.32. The second-order valence-corrected chi connectivity index (χ2v) is 6.54. The molecule has 1 amide bonds. The van der Waals surface area contributed by atoms with Crippen molar-refractivity contribution in [2.24, 2.45) is 13.0 Å². The third kappa shape index (κ3) is 3.04. The number of anilines is 1. The van der Waals surface area contributed by atoms with Crippen LogP contribution in [0.1, 0.15) is 24.2 Å². The van der Waals surface area contributed by atoms with Gasteiger partial charge < -0.3 is 9.88 Å². The van der Waals surface area contributed by atoms with Gasteiger partial charge in [0.1, 0.15) is 5.82 Å². The fourth-order valence-corrected chi connectivity index (χ4v) is 3.07. The molecule has 0 saturated heterocycles. The Labute approximate surface area is 141 Å². The molecule has 4 nitrogen and oxygen atoms in total. The van der Waals surface area contributed by atoms with Gasteiger partial charge in [0.05, 0.1) is 11.0 Å². The summed E-state index contributed by atoms with van der Waals surface area (Å²) < 4.78 is 2.16. The lowest BCUT2D eigenvalue weighted by molar-refractivity contribution is -0.117. The van der Waals surface area contributed by atoms with Gasteiger partial charge in [-0.3, -0.25) is 4.79 Å². The molecule has 1 heterocycles. The fourth-order valence-electron chi connectivity index (χ4n) is 3.07. The number of fused-ring (bicyclic) bond motifs is 1. The highest BCUT2D eigenvalue weighted by molar-refractivity contribution is 5.94. The molecular weight excluding hydrogens is 298 g/mol. The Morgan fingerprint density at radius 1 is 1.17 bits per heavy atom. The molecule has 2 aromatic carbocycles. The number of aryl methyl sites for hydroxylation is 3. The summed E-state index contributed by atoms with van der Waals surface area (Å²) >= 11 is 0. The lowest BCUT2D eigenvalue weighted by Gasteiger charge is -2.07. The Balaban J connectivity index is 1.46. The summed E-state index contributed by atoms with van der Waals surface area (Å²) in [6.45, 7) is 0. The summed E-state index contributed by atoms with van der Waals surface area (Å²) in [5.74, 6) is 1.47. The highest BCUT2D eigenvalue weighted by Crippen LogP contribution is 2.30. The second kappa shape index (κ2) is 6.11. The van der Waals surface area contributed by atoms with Crippen molar-refractivity contribution < 1.29 is 4.79 Å². The minimum atomic E-state index is 0.155. The van der Waals surface area contributed by atoms with Crippen LogP contribution < -0.4 is 5.32 Å². The monoisotopic (exact) mass is 319 g/mol. The maximum absolute atomic E-state index is 11.9. The van der Waals surface area contributed by atoms with E-state index in [0.29, 0.717) is 0 Å². The van der Waals surface area contributed by atoms with Crippen LogP contribution in [-0.4, -0.2) is 15.5 Å². The highest BCUT2D eigenvalue weighted by Gasteiger charge is 2.29. The van der Waals surface area contributed by atoms with Crippen LogP contribution in [0, 0.1) is 5.92 Å². The third-order valence-electron chi connectivity index (χ3n) is 4.66. The van der Waals surface area contributed by atoms with Gasteiger partial charge in [-0.05, 0) is 49.1 Å². The molecule has 3 aromatic rings. The van der Waals surface area contributed by atoms with Crippen LogP contribution in [0.2, 0.25) is 0 Å². The molecule has 1 saturated carbocycles. The van der Waals surface area contributed by atoms with Crippen LogP contribution in [-0.2, 0) is 24.7 Å². The van der Waals surface area contributed by atoms with E-state index in [0.717, 1.165) is 48.2 Å². The highest BCUT2D eigenvalue weighted by atomic mass is 16.2. The predicted octanol–water partition coefficient (Wildman–Crippen LogP) is 3.71. The predicted molar refractivity (Wildman–Crippen MR) is 95.9 cm³/mol. The van der Waals surface area contributed by atoms with Crippen molar-refractivity contribution in [3.05, 3.63) is 59.9 Å². The SMILES string of the molecule is Cn1c(CCc2cccc(NC(=O)C3CC3)c2)nc2ccccc21. The summed E-state index contributed by atoms with van der Waals surface area (Å²) in [7, 11) is 2.07. The van der Waals surface area contributed by atoms with Crippen molar-refractivity contribution in [3.63, 3.8) is 0 Å². The molecule has 122 valence electrons. The van der Waals surface area contributed by atoms with E-state index < -0.39 is 0 Å². The number of para-hydroxylation sites is 2. The Hall–Kier alpha value is -2.62.